The molecule has 1 atom stereocenters. The van der Waals surface area contributed by atoms with Gasteiger partial charge in [0, 0.05) is 25.7 Å². The molecule has 0 radical (unpaired) electrons. The lowest BCUT2D eigenvalue weighted by Crippen LogP contribution is -2.33. The number of hydrogen-bond acceptors (Lipinski definition) is 5. The van der Waals surface area contributed by atoms with Crippen molar-refractivity contribution in [3.63, 3.8) is 0 Å². The number of carbonyl (C=O) groups excluding carboxylic acids is 2. The molecule has 1 aliphatic rings. The number of imidazole rings is 1. The van der Waals surface area contributed by atoms with Gasteiger partial charge >= 0.3 is 12.0 Å². The van der Waals surface area contributed by atoms with Crippen LogP contribution in [0, 0.1) is 0 Å². The van der Waals surface area contributed by atoms with Gasteiger partial charge in [0.05, 0.1) is 24.4 Å². The Morgan fingerprint density at radius 1 is 1.23 bits per heavy atom. The summed E-state index contributed by atoms with van der Waals surface area (Å²) in [4.78, 5) is 35.9. The van der Waals surface area contributed by atoms with Gasteiger partial charge in [0.25, 0.3) is 0 Å². The predicted molar refractivity (Wildman–Crippen MR) is 114 cm³/mol. The third-order valence-electron chi connectivity index (χ3n) is 5.39. The van der Waals surface area contributed by atoms with E-state index in [-0.39, 0.29) is 12.1 Å². The van der Waals surface area contributed by atoms with Crippen LogP contribution >= 0.6 is 0 Å². The molecular weight excluding hydrogens is 382 g/mol. The van der Waals surface area contributed by atoms with Gasteiger partial charge in [0.15, 0.2) is 5.65 Å². The summed E-state index contributed by atoms with van der Waals surface area (Å²) in [5.74, 6) is 0.528. The van der Waals surface area contributed by atoms with E-state index in [1.165, 1.54) is 7.11 Å². The Morgan fingerprint density at radius 3 is 2.87 bits per heavy atom. The highest BCUT2D eigenvalue weighted by molar-refractivity contribution is 6.00. The zero-order valence-corrected chi connectivity index (χ0v) is 17.2. The van der Waals surface area contributed by atoms with Gasteiger partial charge in [-0.15, -0.1) is 0 Å². The van der Waals surface area contributed by atoms with Crippen LogP contribution in [0.15, 0.2) is 42.6 Å². The van der Waals surface area contributed by atoms with Gasteiger partial charge in [-0.1, -0.05) is 19.1 Å². The standard InChI is InChI=1S/C22H25N5O3/c1-3-7-19-24-18-10-6-12-23-20(18)27(19)15-11-13-26(14-15)22(29)25-17-9-5-4-8-16(17)21(28)30-2/h4-6,8-10,12,15H,3,7,11,13-14H2,1-2H3,(H,25,29)/t15-/m0/s1. The van der Waals surface area contributed by atoms with E-state index in [4.69, 9.17) is 9.72 Å². The molecule has 30 heavy (non-hydrogen) atoms. The average molecular weight is 407 g/mol. The Balaban J connectivity index is 1.53. The number of nitrogens with zero attached hydrogens (tertiary/aromatic N) is 4. The summed E-state index contributed by atoms with van der Waals surface area (Å²) in [6.45, 7) is 3.31. The number of esters is 1. The number of amides is 2. The van der Waals surface area contributed by atoms with E-state index >= 15 is 0 Å². The number of hydrogen-bond donors (Lipinski definition) is 1. The van der Waals surface area contributed by atoms with Crippen molar-refractivity contribution in [2.75, 3.05) is 25.5 Å². The number of urea groups is 1. The molecule has 156 valence electrons. The van der Waals surface area contributed by atoms with Crippen molar-refractivity contribution < 1.29 is 14.3 Å². The smallest absolute Gasteiger partial charge is 0.339 e. The Kier molecular flexibility index (Phi) is 5.65. The number of benzene rings is 1. The second kappa shape index (κ2) is 8.52. The minimum atomic E-state index is -0.481. The summed E-state index contributed by atoms with van der Waals surface area (Å²) in [7, 11) is 1.32. The Labute approximate surface area is 174 Å². The molecular formula is C22H25N5O3. The molecule has 0 aliphatic carbocycles. The first kappa shape index (κ1) is 19.9. The van der Waals surface area contributed by atoms with Gasteiger partial charge in [-0.25, -0.2) is 19.6 Å². The highest BCUT2D eigenvalue weighted by atomic mass is 16.5. The van der Waals surface area contributed by atoms with Crippen LogP contribution in [0.3, 0.4) is 0 Å². The largest absolute Gasteiger partial charge is 0.465 e. The maximum atomic E-state index is 12.9. The summed E-state index contributed by atoms with van der Waals surface area (Å²) >= 11 is 0. The topological polar surface area (TPSA) is 89.4 Å². The summed E-state index contributed by atoms with van der Waals surface area (Å²) in [5.41, 5.74) is 2.53. The predicted octanol–water partition coefficient (Wildman–Crippen LogP) is 3.65. The fraction of sp³-hybridized carbons (Fsp3) is 0.364. The van der Waals surface area contributed by atoms with Crippen molar-refractivity contribution in [2.45, 2.75) is 32.2 Å². The summed E-state index contributed by atoms with van der Waals surface area (Å²) < 4.78 is 6.99. The van der Waals surface area contributed by atoms with Crippen molar-refractivity contribution in [2.24, 2.45) is 0 Å². The molecule has 1 aromatic carbocycles. The van der Waals surface area contributed by atoms with Crippen LogP contribution in [-0.4, -0.2) is 51.6 Å². The van der Waals surface area contributed by atoms with E-state index in [2.05, 4.69) is 21.8 Å². The number of para-hydroxylation sites is 1. The van der Waals surface area contributed by atoms with Crippen molar-refractivity contribution in [1.82, 2.24) is 19.4 Å². The summed E-state index contributed by atoms with van der Waals surface area (Å²) in [6, 6.07) is 10.6. The van der Waals surface area contributed by atoms with Crippen LogP contribution < -0.4 is 5.32 Å². The number of carbonyl (C=O) groups is 2. The lowest BCUT2D eigenvalue weighted by atomic mass is 10.2. The molecule has 3 heterocycles. The molecule has 4 rings (SSSR count). The van der Waals surface area contributed by atoms with Gasteiger partial charge in [-0.05, 0) is 37.1 Å². The SMILES string of the molecule is CCCc1nc2cccnc2n1[C@H]1CCN(C(=O)Nc2ccccc2C(=O)OC)C1. The van der Waals surface area contributed by atoms with Crippen LogP contribution in [0.4, 0.5) is 10.5 Å². The quantitative estimate of drug-likeness (QED) is 0.652. The highest BCUT2D eigenvalue weighted by Crippen LogP contribution is 2.28. The van der Waals surface area contributed by atoms with E-state index < -0.39 is 5.97 Å². The minimum Gasteiger partial charge on any atom is -0.465 e. The molecule has 1 aliphatic heterocycles. The van der Waals surface area contributed by atoms with Crippen molar-refractivity contribution in [3.05, 3.63) is 54.0 Å². The number of nitrogens with one attached hydrogen (secondary N) is 1. The second-order valence-corrected chi connectivity index (χ2v) is 7.35. The summed E-state index contributed by atoms with van der Waals surface area (Å²) in [5, 5.41) is 2.86. The lowest BCUT2D eigenvalue weighted by molar-refractivity contribution is 0.0602. The molecule has 3 aromatic rings. The average Bonchev–Trinajstić information content (AvgIpc) is 3.38. The number of pyridine rings is 1. The van der Waals surface area contributed by atoms with Gasteiger partial charge in [0.2, 0.25) is 0 Å². The van der Waals surface area contributed by atoms with Crippen molar-refractivity contribution in [1.29, 1.82) is 0 Å². The fourth-order valence-corrected chi connectivity index (χ4v) is 3.97. The number of ether oxygens (including phenoxy) is 1. The molecule has 2 amide bonds. The third-order valence-corrected chi connectivity index (χ3v) is 5.39. The Morgan fingerprint density at radius 2 is 2.07 bits per heavy atom. The van der Waals surface area contributed by atoms with Crippen LogP contribution in [0.25, 0.3) is 11.2 Å². The fourth-order valence-electron chi connectivity index (χ4n) is 3.97. The summed E-state index contributed by atoms with van der Waals surface area (Å²) in [6.07, 6.45) is 4.46. The number of anilines is 1. The molecule has 1 fully saturated rings. The normalized spacial score (nSPS) is 16.1. The van der Waals surface area contributed by atoms with Gasteiger partial charge in [-0.3, -0.25) is 0 Å². The van der Waals surface area contributed by atoms with Crippen LogP contribution in [0.2, 0.25) is 0 Å². The molecule has 1 N–H and O–H groups in total. The molecule has 0 spiro atoms. The third kappa shape index (κ3) is 3.72. The van der Waals surface area contributed by atoms with Gasteiger partial charge in [-0.2, -0.15) is 0 Å². The van der Waals surface area contributed by atoms with Gasteiger partial charge in [0.1, 0.15) is 11.3 Å². The number of rotatable bonds is 5. The van der Waals surface area contributed by atoms with E-state index in [1.54, 1.807) is 35.4 Å². The molecule has 0 unspecified atom stereocenters. The van der Waals surface area contributed by atoms with E-state index in [9.17, 15) is 9.59 Å². The van der Waals surface area contributed by atoms with E-state index in [1.807, 2.05) is 12.1 Å². The molecule has 0 saturated carbocycles. The monoisotopic (exact) mass is 407 g/mol. The highest BCUT2D eigenvalue weighted by Gasteiger charge is 2.30. The number of fused-ring (bicyclic) bond motifs is 1. The molecule has 8 nitrogen and oxygen atoms in total. The van der Waals surface area contributed by atoms with E-state index in [0.717, 1.165) is 36.3 Å². The van der Waals surface area contributed by atoms with Crippen LogP contribution in [-0.2, 0) is 11.2 Å². The molecule has 1 saturated heterocycles. The number of aromatic nitrogens is 3. The van der Waals surface area contributed by atoms with Crippen LogP contribution in [0.1, 0.15) is 42.0 Å². The number of likely N-dealkylation sites (tertiary alicyclic amines) is 1. The van der Waals surface area contributed by atoms with Gasteiger partial charge < -0.3 is 19.5 Å². The maximum Gasteiger partial charge on any atom is 0.339 e. The first-order valence-electron chi connectivity index (χ1n) is 10.2. The first-order chi connectivity index (χ1) is 14.6. The molecule has 2 aromatic heterocycles. The van der Waals surface area contributed by atoms with Crippen molar-refractivity contribution in [3.8, 4) is 0 Å². The zero-order chi connectivity index (χ0) is 21.1. The maximum absolute atomic E-state index is 12.9. The van der Waals surface area contributed by atoms with Crippen molar-refractivity contribution >= 4 is 28.9 Å². The van der Waals surface area contributed by atoms with Crippen LogP contribution in [0.5, 0.6) is 0 Å². The second-order valence-electron chi connectivity index (χ2n) is 7.35. The number of aryl methyl sites for hydroxylation is 1. The Hall–Kier alpha value is -3.42. The number of methoxy groups -OCH3 is 1. The lowest BCUT2D eigenvalue weighted by Gasteiger charge is -2.20. The zero-order valence-electron chi connectivity index (χ0n) is 17.2. The first-order valence-corrected chi connectivity index (χ1v) is 10.2. The molecule has 0 bridgehead atoms. The Bertz CT molecular complexity index is 1080. The van der Waals surface area contributed by atoms with E-state index in [0.29, 0.717) is 24.3 Å². The molecule has 8 heteroatoms. The minimum absolute atomic E-state index is 0.119.